The molecule has 1 aromatic carbocycles. The van der Waals surface area contributed by atoms with E-state index in [-0.39, 0.29) is 11.2 Å². The minimum absolute atomic E-state index is 0.152. The van der Waals surface area contributed by atoms with Gasteiger partial charge in [0.15, 0.2) is 5.16 Å². The van der Waals surface area contributed by atoms with Gasteiger partial charge in [0.1, 0.15) is 6.07 Å². The molecule has 0 aliphatic rings. The van der Waals surface area contributed by atoms with Crippen LogP contribution in [0.25, 0.3) is 0 Å². The average Bonchev–Trinajstić information content (AvgIpc) is 2.84. The molecule has 1 N–H and O–H groups in total. The number of nitrogens with one attached hydrogen (secondary N) is 1. The van der Waals surface area contributed by atoms with E-state index in [1.54, 1.807) is 30.5 Å². The molecule has 6 heteroatoms. The standard InChI is InChI=1S/C14H14N4OS/c1-10(20-14-16-7-8-18(14)2)13(19)17-12-6-4-3-5-11(12)9-15/h3-8,10H,1-2H3,(H,17,19). The van der Waals surface area contributed by atoms with E-state index in [2.05, 4.69) is 16.4 Å². The van der Waals surface area contributed by atoms with Crippen molar-refractivity contribution < 1.29 is 4.79 Å². The van der Waals surface area contributed by atoms with Gasteiger partial charge in [0.05, 0.1) is 16.5 Å². The van der Waals surface area contributed by atoms with Crippen LogP contribution in [0.15, 0.2) is 41.8 Å². The van der Waals surface area contributed by atoms with Crippen molar-refractivity contribution in [1.82, 2.24) is 9.55 Å². The summed E-state index contributed by atoms with van der Waals surface area (Å²) in [5.74, 6) is -0.152. The van der Waals surface area contributed by atoms with E-state index >= 15 is 0 Å². The van der Waals surface area contributed by atoms with Crippen molar-refractivity contribution in [3.05, 3.63) is 42.2 Å². The lowest BCUT2D eigenvalue weighted by atomic mass is 10.2. The molecule has 1 unspecified atom stereocenters. The van der Waals surface area contributed by atoms with E-state index < -0.39 is 0 Å². The number of thioether (sulfide) groups is 1. The Morgan fingerprint density at radius 1 is 1.50 bits per heavy atom. The lowest BCUT2D eigenvalue weighted by molar-refractivity contribution is -0.115. The first-order chi connectivity index (χ1) is 9.61. The molecular formula is C14H14N4OS. The van der Waals surface area contributed by atoms with Crippen LogP contribution in [0, 0.1) is 11.3 Å². The molecule has 1 amide bonds. The topological polar surface area (TPSA) is 70.7 Å². The van der Waals surface area contributed by atoms with Crippen LogP contribution in [0.3, 0.4) is 0 Å². The van der Waals surface area contributed by atoms with Crippen LogP contribution < -0.4 is 5.32 Å². The summed E-state index contributed by atoms with van der Waals surface area (Å²) in [6, 6.07) is 9.00. The molecule has 0 aliphatic heterocycles. The molecule has 0 saturated carbocycles. The number of anilines is 1. The number of para-hydroxylation sites is 1. The zero-order chi connectivity index (χ0) is 14.5. The lowest BCUT2D eigenvalue weighted by Gasteiger charge is -2.12. The van der Waals surface area contributed by atoms with Crippen molar-refractivity contribution in [3.8, 4) is 6.07 Å². The predicted octanol–water partition coefficient (Wildman–Crippen LogP) is 2.41. The SMILES string of the molecule is CC(Sc1nccn1C)C(=O)Nc1ccccc1C#N. The summed E-state index contributed by atoms with van der Waals surface area (Å²) in [4.78, 5) is 16.3. The number of nitriles is 1. The molecule has 2 rings (SSSR count). The number of amides is 1. The molecule has 2 aromatic rings. The number of aryl methyl sites for hydroxylation is 1. The highest BCUT2D eigenvalue weighted by molar-refractivity contribution is 8.00. The maximum atomic E-state index is 12.1. The number of benzene rings is 1. The molecule has 0 fully saturated rings. The van der Waals surface area contributed by atoms with E-state index in [0.29, 0.717) is 11.3 Å². The molecule has 0 bridgehead atoms. The molecular weight excluding hydrogens is 272 g/mol. The van der Waals surface area contributed by atoms with E-state index in [4.69, 9.17) is 5.26 Å². The van der Waals surface area contributed by atoms with E-state index in [1.807, 2.05) is 24.7 Å². The Morgan fingerprint density at radius 2 is 2.25 bits per heavy atom. The molecule has 0 saturated heterocycles. The minimum atomic E-state index is -0.303. The van der Waals surface area contributed by atoms with Crippen LogP contribution >= 0.6 is 11.8 Å². The zero-order valence-electron chi connectivity index (χ0n) is 11.2. The van der Waals surface area contributed by atoms with Gasteiger partial charge in [-0.15, -0.1) is 0 Å². The molecule has 0 spiro atoms. The van der Waals surface area contributed by atoms with Gasteiger partial charge in [0.2, 0.25) is 5.91 Å². The van der Waals surface area contributed by atoms with E-state index in [1.165, 1.54) is 11.8 Å². The molecule has 0 radical (unpaired) electrons. The molecule has 1 aromatic heterocycles. The average molecular weight is 286 g/mol. The van der Waals surface area contributed by atoms with Crippen molar-refractivity contribution in [2.24, 2.45) is 7.05 Å². The van der Waals surface area contributed by atoms with Gasteiger partial charge >= 0.3 is 0 Å². The maximum absolute atomic E-state index is 12.1. The third-order valence-corrected chi connectivity index (χ3v) is 3.91. The molecule has 20 heavy (non-hydrogen) atoms. The highest BCUT2D eigenvalue weighted by atomic mass is 32.2. The highest BCUT2D eigenvalue weighted by Gasteiger charge is 2.17. The highest BCUT2D eigenvalue weighted by Crippen LogP contribution is 2.22. The first-order valence-electron chi connectivity index (χ1n) is 6.06. The summed E-state index contributed by atoms with van der Waals surface area (Å²) in [6.07, 6.45) is 3.52. The third kappa shape index (κ3) is 3.19. The fourth-order valence-electron chi connectivity index (χ4n) is 1.60. The number of imidazole rings is 1. The second kappa shape index (κ2) is 6.26. The second-order valence-corrected chi connectivity index (χ2v) is 5.54. The van der Waals surface area contributed by atoms with Crippen LogP contribution in [-0.2, 0) is 11.8 Å². The number of carbonyl (C=O) groups excluding carboxylic acids is 1. The van der Waals surface area contributed by atoms with Crippen molar-refractivity contribution in [3.63, 3.8) is 0 Å². The number of carbonyl (C=O) groups is 1. The molecule has 102 valence electrons. The smallest absolute Gasteiger partial charge is 0.237 e. The third-order valence-electron chi connectivity index (χ3n) is 2.73. The fraction of sp³-hybridized carbons (Fsp3) is 0.214. The van der Waals surface area contributed by atoms with Gasteiger partial charge in [0, 0.05) is 19.4 Å². The first kappa shape index (κ1) is 14.2. The molecule has 0 aliphatic carbocycles. The predicted molar refractivity (Wildman–Crippen MR) is 78.3 cm³/mol. The van der Waals surface area contributed by atoms with Gasteiger partial charge in [-0.1, -0.05) is 23.9 Å². The van der Waals surface area contributed by atoms with Gasteiger partial charge < -0.3 is 9.88 Å². The maximum Gasteiger partial charge on any atom is 0.237 e. The number of aromatic nitrogens is 2. The Balaban J connectivity index is 2.05. The summed E-state index contributed by atoms with van der Waals surface area (Å²) in [5, 5.41) is 12.2. The minimum Gasteiger partial charge on any atom is -0.329 e. The van der Waals surface area contributed by atoms with Crippen molar-refractivity contribution in [2.45, 2.75) is 17.3 Å². The van der Waals surface area contributed by atoms with Gasteiger partial charge in [0.25, 0.3) is 0 Å². The molecule has 5 nitrogen and oxygen atoms in total. The zero-order valence-corrected chi connectivity index (χ0v) is 12.0. The Labute approximate surface area is 121 Å². The number of nitrogens with zero attached hydrogens (tertiary/aromatic N) is 3. The Kier molecular flexibility index (Phi) is 4.43. The lowest BCUT2D eigenvalue weighted by Crippen LogP contribution is -2.23. The fourth-order valence-corrected chi connectivity index (χ4v) is 2.43. The van der Waals surface area contributed by atoms with E-state index in [9.17, 15) is 4.79 Å². The van der Waals surface area contributed by atoms with Gasteiger partial charge in [-0.3, -0.25) is 4.79 Å². The molecule has 1 atom stereocenters. The number of rotatable bonds is 4. The van der Waals surface area contributed by atoms with Gasteiger partial charge in [-0.05, 0) is 19.1 Å². The monoisotopic (exact) mass is 286 g/mol. The summed E-state index contributed by atoms with van der Waals surface area (Å²) >= 11 is 1.37. The second-order valence-electron chi connectivity index (χ2n) is 4.23. The number of hydrogen-bond donors (Lipinski definition) is 1. The van der Waals surface area contributed by atoms with Crippen LogP contribution in [0.4, 0.5) is 5.69 Å². The van der Waals surface area contributed by atoms with E-state index in [0.717, 1.165) is 5.16 Å². The van der Waals surface area contributed by atoms with Crippen LogP contribution in [0.5, 0.6) is 0 Å². The number of hydrogen-bond acceptors (Lipinski definition) is 4. The normalized spacial score (nSPS) is 11.7. The van der Waals surface area contributed by atoms with Crippen molar-refractivity contribution >= 4 is 23.4 Å². The largest absolute Gasteiger partial charge is 0.329 e. The van der Waals surface area contributed by atoms with Crippen LogP contribution in [0.1, 0.15) is 12.5 Å². The Morgan fingerprint density at radius 3 is 2.90 bits per heavy atom. The Bertz CT molecular complexity index is 659. The van der Waals surface area contributed by atoms with Crippen LogP contribution in [0.2, 0.25) is 0 Å². The quantitative estimate of drug-likeness (QED) is 0.876. The summed E-state index contributed by atoms with van der Waals surface area (Å²) < 4.78 is 1.86. The summed E-state index contributed by atoms with van der Waals surface area (Å²) in [6.45, 7) is 1.81. The molecule has 1 heterocycles. The summed E-state index contributed by atoms with van der Waals surface area (Å²) in [7, 11) is 1.88. The van der Waals surface area contributed by atoms with Crippen molar-refractivity contribution in [1.29, 1.82) is 5.26 Å². The van der Waals surface area contributed by atoms with Gasteiger partial charge in [-0.25, -0.2) is 4.98 Å². The summed E-state index contributed by atoms with van der Waals surface area (Å²) in [5.41, 5.74) is 0.988. The Hall–Kier alpha value is -2.26. The van der Waals surface area contributed by atoms with Crippen LogP contribution in [-0.4, -0.2) is 20.7 Å². The first-order valence-corrected chi connectivity index (χ1v) is 6.93. The van der Waals surface area contributed by atoms with Crippen molar-refractivity contribution in [2.75, 3.05) is 5.32 Å². The van der Waals surface area contributed by atoms with Gasteiger partial charge in [-0.2, -0.15) is 5.26 Å².